The fourth-order valence-corrected chi connectivity index (χ4v) is 1.35. The maximum absolute atomic E-state index is 11.8. The Morgan fingerprint density at radius 1 is 0.538 bits per heavy atom. The van der Waals surface area contributed by atoms with Gasteiger partial charge >= 0.3 is 0 Å². The quantitative estimate of drug-likeness (QED) is 0.454. The standard InChI is InChI=1S/C13H10O.2C2H6N2.2C2H6/c14-13(11-7-3-1-4-8-11)12-9-5-2-6-10-12;2*1-3-4-2;2*1-2/h1-10H;2*1-2H3;2*1-2H3. The third-order valence-corrected chi connectivity index (χ3v) is 2.47. The number of azo groups is 2. The lowest BCUT2D eigenvalue weighted by Gasteiger charge is -1.99. The van der Waals surface area contributed by atoms with Crippen LogP contribution in [0.3, 0.4) is 0 Å². The van der Waals surface area contributed by atoms with Crippen LogP contribution in [0.15, 0.2) is 81.1 Å². The van der Waals surface area contributed by atoms with E-state index in [2.05, 4.69) is 20.5 Å². The van der Waals surface area contributed by atoms with Crippen molar-refractivity contribution in [3.63, 3.8) is 0 Å². The van der Waals surface area contributed by atoms with Gasteiger partial charge in [0.2, 0.25) is 0 Å². The Balaban J connectivity index is -0.000000369. The van der Waals surface area contributed by atoms with Gasteiger partial charge in [0.25, 0.3) is 0 Å². The van der Waals surface area contributed by atoms with Crippen molar-refractivity contribution in [2.24, 2.45) is 20.5 Å². The number of rotatable bonds is 2. The molecule has 26 heavy (non-hydrogen) atoms. The van der Waals surface area contributed by atoms with Gasteiger partial charge in [-0.2, -0.15) is 20.5 Å². The van der Waals surface area contributed by atoms with E-state index in [1.165, 1.54) is 0 Å². The van der Waals surface area contributed by atoms with E-state index in [0.717, 1.165) is 11.1 Å². The summed E-state index contributed by atoms with van der Waals surface area (Å²) in [7, 11) is 6.56. The fourth-order valence-electron chi connectivity index (χ4n) is 1.35. The lowest BCUT2D eigenvalue weighted by molar-refractivity contribution is 0.103. The molecule has 2 aromatic carbocycles. The van der Waals surface area contributed by atoms with Crippen LogP contribution in [0.2, 0.25) is 0 Å². The Bertz CT molecular complexity index is 508. The molecule has 0 fully saturated rings. The van der Waals surface area contributed by atoms with Crippen LogP contribution in [0.1, 0.15) is 43.6 Å². The zero-order chi connectivity index (χ0) is 20.6. The van der Waals surface area contributed by atoms with Crippen LogP contribution in [0.25, 0.3) is 0 Å². The van der Waals surface area contributed by atoms with Gasteiger partial charge in [-0.3, -0.25) is 4.79 Å². The molecule has 0 spiro atoms. The third kappa shape index (κ3) is 16.2. The fraction of sp³-hybridized carbons (Fsp3) is 0.381. The van der Waals surface area contributed by atoms with E-state index < -0.39 is 0 Å². The minimum absolute atomic E-state index is 0.0752. The van der Waals surface area contributed by atoms with Gasteiger partial charge in [0.15, 0.2) is 5.78 Å². The highest BCUT2D eigenvalue weighted by Gasteiger charge is 2.06. The van der Waals surface area contributed by atoms with E-state index >= 15 is 0 Å². The number of carbonyl (C=O) groups is 1. The summed E-state index contributed by atoms with van der Waals surface area (Å²) in [6, 6.07) is 18.6. The first-order valence-corrected chi connectivity index (χ1v) is 8.71. The third-order valence-electron chi connectivity index (χ3n) is 2.47. The lowest BCUT2D eigenvalue weighted by atomic mass is 10.0. The lowest BCUT2D eigenvalue weighted by Crippen LogP contribution is -1.99. The molecular weight excluding hydrogens is 324 g/mol. The number of nitrogens with zero attached hydrogens (tertiary/aromatic N) is 4. The highest BCUT2D eigenvalue weighted by molar-refractivity contribution is 6.08. The molecular formula is C21H34N4O. The summed E-state index contributed by atoms with van der Waals surface area (Å²) in [6.07, 6.45) is 0. The van der Waals surface area contributed by atoms with Crippen LogP contribution in [-0.2, 0) is 0 Å². The van der Waals surface area contributed by atoms with Crippen molar-refractivity contribution in [3.05, 3.63) is 71.8 Å². The summed E-state index contributed by atoms with van der Waals surface area (Å²) in [5.41, 5.74) is 1.47. The van der Waals surface area contributed by atoms with E-state index in [1.807, 2.05) is 88.4 Å². The van der Waals surface area contributed by atoms with Crippen molar-refractivity contribution in [1.82, 2.24) is 0 Å². The molecule has 2 rings (SSSR count). The largest absolute Gasteiger partial charge is 0.289 e. The first-order valence-electron chi connectivity index (χ1n) is 8.71. The van der Waals surface area contributed by atoms with E-state index in [1.54, 1.807) is 28.2 Å². The number of benzene rings is 2. The molecule has 144 valence electrons. The number of hydrogen-bond donors (Lipinski definition) is 0. The Hall–Kier alpha value is -2.69. The average molecular weight is 359 g/mol. The first-order chi connectivity index (χ1) is 12.7. The van der Waals surface area contributed by atoms with Gasteiger partial charge in [-0.15, -0.1) is 0 Å². The molecule has 0 bridgehead atoms. The summed E-state index contributed by atoms with van der Waals surface area (Å²) in [6.45, 7) is 8.00. The van der Waals surface area contributed by atoms with Crippen LogP contribution in [0.4, 0.5) is 0 Å². The molecule has 5 nitrogen and oxygen atoms in total. The summed E-state index contributed by atoms with van der Waals surface area (Å²) in [4.78, 5) is 11.8. The smallest absolute Gasteiger partial charge is 0.193 e. The van der Waals surface area contributed by atoms with Gasteiger partial charge in [-0.05, 0) is 0 Å². The highest BCUT2D eigenvalue weighted by Crippen LogP contribution is 2.08. The molecule has 0 aromatic heterocycles. The minimum Gasteiger partial charge on any atom is -0.289 e. The zero-order valence-electron chi connectivity index (χ0n) is 17.5. The van der Waals surface area contributed by atoms with Crippen molar-refractivity contribution in [3.8, 4) is 0 Å². The SMILES string of the molecule is CC.CC.CN=NC.CN=NC.O=C(c1ccccc1)c1ccccc1. The number of ketones is 1. The molecule has 0 radical (unpaired) electrons. The molecule has 0 atom stereocenters. The van der Waals surface area contributed by atoms with Gasteiger partial charge in [-0.25, -0.2) is 0 Å². The summed E-state index contributed by atoms with van der Waals surface area (Å²) in [5.74, 6) is 0.0752. The molecule has 0 N–H and O–H groups in total. The predicted octanol–water partition coefficient (Wildman–Crippen LogP) is 6.37. The number of carbonyl (C=O) groups excluding carboxylic acids is 1. The maximum Gasteiger partial charge on any atom is 0.193 e. The second kappa shape index (κ2) is 24.6. The molecule has 5 heteroatoms. The van der Waals surface area contributed by atoms with Crippen molar-refractivity contribution in [2.45, 2.75) is 27.7 Å². The molecule has 0 aliphatic rings. The second-order valence-electron chi connectivity index (χ2n) is 3.86. The van der Waals surface area contributed by atoms with Gasteiger partial charge in [0.1, 0.15) is 0 Å². The molecule has 0 heterocycles. The van der Waals surface area contributed by atoms with Crippen molar-refractivity contribution in [1.29, 1.82) is 0 Å². The summed E-state index contributed by atoms with van der Waals surface area (Å²) < 4.78 is 0. The normalized spacial score (nSPS) is 8.62. The van der Waals surface area contributed by atoms with Crippen LogP contribution >= 0.6 is 0 Å². The van der Waals surface area contributed by atoms with Crippen LogP contribution < -0.4 is 0 Å². The van der Waals surface area contributed by atoms with Crippen LogP contribution in [0, 0.1) is 0 Å². The molecule has 2 aromatic rings. The Kier molecular flexibility index (Phi) is 26.6. The van der Waals surface area contributed by atoms with Crippen LogP contribution in [0.5, 0.6) is 0 Å². The van der Waals surface area contributed by atoms with Crippen molar-refractivity contribution >= 4 is 5.78 Å². The minimum atomic E-state index is 0.0752. The van der Waals surface area contributed by atoms with Crippen molar-refractivity contribution in [2.75, 3.05) is 28.2 Å². The van der Waals surface area contributed by atoms with E-state index in [4.69, 9.17) is 0 Å². The maximum atomic E-state index is 11.8. The molecule has 0 amide bonds. The van der Waals surface area contributed by atoms with Gasteiger partial charge < -0.3 is 0 Å². The number of hydrogen-bond acceptors (Lipinski definition) is 5. The van der Waals surface area contributed by atoms with E-state index in [0.29, 0.717) is 0 Å². The topological polar surface area (TPSA) is 66.5 Å². The molecule has 0 saturated heterocycles. The summed E-state index contributed by atoms with van der Waals surface area (Å²) in [5, 5.41) is 13.4. The zero-order valence-corrected chi connectivity index (χ0v) is 17.5. The Morgan fingerprint density at radius 3 is 0.962 bits per heavy atom. The summed E-state index contributed by atoms with van der Waals surface area (Å²) >= 11 is 0. The van der Waals surface area contributed by atoms with Gasteiger partial charge in [0.05, 0.1) is 0 Å². The van der Waals surface area contributed by atoms with Crippen molar-refractivity contribution < 1.29 is 4.79 Å². The second-order valence-corrected chi connectivity index (χ2v) is 3.86. The van der Waals surface area contributed by atoms with Gasteiger partial charge in [-0.1, -0.05) is 88.4 Å². The highest BCUT2D eigenvalue weighted by atomic mass is 16.1. The first kappa shape index (κ1) is 28.1. The van der Waals surface area contributed by atoms with E-state index in [-0.39, 0.29) is 5.78 Å². The van der Waals surface area contributed by atoms with Crippen LogP contribution in [-0.4, -0.2) is 34.0 Å². The molecule has 0 aliphatic carbocycles. The molecule has 0 unspecified atom stereocenters. The Labute approximate surface area is 159 Å². The van der Waals surface area contributed by atoms with Gasteiger partial charge in [0, 0.05) is 39.3 Å². The predicted molar refractivity (Wildman–Crippen MR) is 112 cm³/mol. The average Bonchev–Trinajstić information content (AvgIpc) is 2.77. The molecule has 0 aliphatic heterocycles. The monoisotopic (exact) mass is 358 g/mol. The van der Waals surface area contributed by atoms with E-state index in [9.17, 15) is 4.79 Å². The molecule has 0 saturated carbocycles. The Morgan fingerprint density at radius 2 is 0.769 bits per heavy atom.